The van der Waals surface area contributed by atoms with Crippen molar-refractivity contribution in [1.29, 1.82) is 0 Å². The average molecular weight is 274 g/mol. The van der Waals surface area contributed by atoms with Gasteiger partial charge in [-0.05, 0) is 42.8 Å². The molecule has 2 N–H and O–H groups in total. The van der Waals surface area contributed by atoms with Gasteiger partial charge in [0.15, 0.2) is 11.5 Å². The SMILES string of the molecule is C=CN/C=C(\C)CN1CCOc2c(O)cc(CC)cc21. The molecule has 2 rings (SSSR count). The van der Waals surface area contributed by atoms with E-state index in [2.05, 4.69) is 36.7 Å². The summed E-state index contributed by atoms with van der Waals surface area (Å²) in [4.78, 5) is 2.23. The molecule has 1 aliphatic rings. The van der Waals surface area contributed by atoms with E-state index in [4.69, 9.17) is 4.74 Å². The van der Waals surface area contributed by atoms with Crippen LogP contribution in [0.1, 0.15) is 19.4 Å². The zero-order valence-electron chi connectivity index (χ0n) is 12.1. The Kier molecular flexibility index (Phi) is 4.56. The minimum Gasteiger partial charge on any atom is -0.504 e. The van der Waals surface area contributed by atoms with Crippen molar-refractivity contribution in [2.45, 2.75) is 20.3 Å². The van der Waals surface area contributed by atoms with Gasteiger partial charge in [-0.2, -0.15) is 0 Å². The highest BCUT2D eigenvalue weighted by atomic mass is 16.5. The van der Waals surface area contributed by atoms with E-state index < -0.39 is 0 Å². The van der Waals surface area contributed by atoms with Crippen molar-refractivity contribution < 1.29 is 9.84 Å². The van der Waals surface area contributed by atoms with Crippen LogP contribution < -0.4 is 15.0 Å². The minimum atomic E-state index is 0.231. The molecule has 0 fully saturated rings. The van der Waals surface area contributed by atoms with Crippen molar-refractivity contribution in [3.05, 3.63) is 42.2 Å². The highest BCUT2D eigenvalue weighted by molar-refractivity contribution is 5.67. The Morgan fingerprint density at radius 1 is 1.55 bits per heavy atom. The fourth-order valence-corrected chi connectivity index (χ4v) is 2.33. The molecule has 1 aromatic carbocycles. The number of aromatic hydroxyl groups is 1. The Balaban J connectivity index is 2.27. The highest BCUT2D eigenvalue weighted by Gasteiger charge is 2.22. The van der Waals surface area contributed by atoms with Gasteiger partial charge in [-0.1, -0.05) is 13.5 Å². The summed E-state index contributed by atoms with van der Waals surface area (Å²) in [7, 11) is 0. The van der Waals surface area contributed by atoms with Crippen molar-refractivity contribution in [2.24, 2.45) is 0 Å². The molecule has 0 unspecified atom stereocenters. The molecule has 0 amide bonds. The van der Waals surface area contributed by atoms with Gasteiger partial charge in [0.25, 0.3) is 0 Å². The van der Waals surface area contributed by atoms with Gasteiger partial charge in [-0.15, -0.1) is 0 Å². The number of phenols is 1. The molecule has 108 valence electrons. The molecule has 0 atom stereocenters. The molecule has 4 heteroatoms. The molecule has 0 saturated heterocycles. The highest BCUT2D eigenvalue weighted by Crippen LogP contribution is 2.40. The summed E-state index contributed by atoms with van der Waals surface area (Å²) in [5.74, 6) is 0.827. The fourth-order valence-electron chi connectivity index (χ4n) is 2.33. The second-order valence-electron chi connectivity index (χ2n) is 4.95. The molecular formula is C16H22N2O2. The van der Waals surface area contributed by atoms with Crippen LogP contribution >= 0.6 is 0 Å². The first-order valence-electron chi connectivity index (χ1n) is 6.92. The summed E-state index contributed by atoms with van der Waals surface area (Å²) in [6.45, 7) is 9.97. The van der Waals surface area contributed by atoms with Gasteiger partial charge in [-0.3, -0.25) is 0 Å². The number of hydrogen-bond acceptors (Lipinski definition) is 4. The maximum atomic E-state index is 10.1. The van der Waals surface area contributed by atoms with E-state index in [9.17, 15) is 5.11 Å². The standard InChI is InChI=1S/C16H22N2O2/c1-4-13-8-14-16(15(19)9-13)20-7-6-18(14)11-12(3)10-17-5-2/h5,8-10,17,19H,2,4,6-7,11H2,1,3H3/b12-10+. The second-order valence-corrected chi connectivity index (χ2v) is 4.95. The first-order chi connectivity index (χ1) is 9.65. The van der Waals surface area contributed by atoms with Crippen LogP contribution in [-0.4, -0.2) is 24.8 Å². The van der Waals surface area contributed by atoms with Gasteiger partial charge in [-0.25, -0.2) is 0 Å². The third-order valence-corrected chi connectivity index (χ3v) is 3.35. The molecule has 0 aromatic heterocycles. The van der Waals surface area contributed by atoms with Crippen LogP contribution in [0.5, 0.6) is 11.5 Å². The van der Waals surface area contributed by atoms with Crippen LogP contribution in [0, 0.1) is 0 Å². The lowest BCUT2D eigenvalue weighted by molar-refractivity contribution is 0.291. The van der Waals surface area contributed by atoms with Crippen LogP contribution in [0.15, 0.2) is 36.7 Å². The Bertz CT molecular complexity index is 523. The molecule has 4 nitrogen and oxygen atoms in total. The summed E-state index contributed by atoms with van der Waals surface area (Å²) < 4.78 is 5.60. The quantitative estimate of drug-likeness (QED) is 0.866. The summed E-state index contributed by atoms with van der Waals surface area (Å²) in [6, 6.07) is 3.88. The molecule has 1 aromatic rings. The van der Waals surface area contributed by atoms with Gasteiger partial charge < -0.3 is 20.1 Å². The summed E-state index contributed by atoms with van der Waals surface area (Å²) in [5, 5.41) is 13.1. The zero-order chi connectivity index (χ0) is 14.5. The molecular weight excluding hydrogens is 252 g/mol. The normalized spacial score (nSPS) is 14.5. The Hall–Kier alpha value is -2.10. The largest absolute Gasteiger partial charge is 0.504 e. The lowest BCUT2D eigenvalue weighted by Gasteiger charge is -2.32. The number of fused-ring (bicyclic) bond motifs is 1. The van der Waals surface area contributed by atoms with Crippen LogP contribution in [0.2, 0.25) is 0 Å². The predicted molar refractivity (Wildman–Crippen MR) is 82.3 cm³/mol. The molecule has 0 aliphatic carbocycles. The van der Waals surface area contributed by atoms with Gasteiger partial charge >= 0.3 is 0 Å². The van der Waals surface area contributed by atoms with E-state index in [0.717, 1.165) is 30.8 Å². The van der Waals surface area contributed by atoms with Crippen molar-refractivity contribution >= 4 is 5.69 Å². The fraction of sp³-hybridized carbons (Fsp3) is 0.375. The molecule has 0 spiro atoms. The van der Waals surface area contributed by atoms with Gasteiger partial charge in [0, 0.05) is 12.7 Å². The predicted octanol–water partition coefficient (Wildman–Crippen LogP) is 2.79. The summed E-state index contributed by atoms with van der Waals surface area (Å²) >= 11 is 0. The number of rotatable bonds is 5. The molecule has 1 aliphatic heterocycles. The number of benzene rings is 1. The van der Waals surface area contributed by atoms with Crippen molar-refractivity contribution in [1.82, 2.24) is 5.32 Å². The zero-order valence-corrected chi connectivity index (χ0v) is 12.1. The van der Waals surface area contributed by atoms with E-state index in [1.54, 1.807) is 12.3 Å². The first-order valence-corrected chi connectivity index (χ1v) is 6.92. The van der Waals surface area contributed by atoms with E-state index in [-0.39, 0.29) is 5.75 Å². The molecule has 0 bridgehead atoms. The molecule has 20 heavy (non-hydrogen) atoms. The Morgan fingerprint density at radius 2 is 2.35 bits per heavy atom. The number of phenolic OH excluding ortho intramolecular Hbond substituents is 1. The van der Waals surface area contributed by atoms with Crippen LogP contribution in [0.3, 0.4) is 0 Å². The maximum absolute atomic E-state index is 10.1. The number of hydrogen-bond donors (Lipinski definition) is 2. The van der Waals surface area contributed by atoms with E-state index in [1.165, 1.54) is 5.57 Å². The van der Waals surface area contributed by atoms with Crippen molar-refractivity contribution in [2.75, 3.05) is 24.6 Å². The van der Waals surface area contributed by atoms with Crippen molar-refractivity contribution in [3.8, 4) is 11.5 Å². The lowest BCUT2D eigenvalue weighted by Crippen LogP contribution is -2.34. The van der Waals surface area contributed by atoms with Crippen LogP contribution in [-0.2, 0) is 6.42 Å². The van der Waals surface area contributed by atoms with E-state index >= 15 is 0 Å². The molecule has 0 radical (unpaired) electrons. The molecule has 0 saturated carbocycles. The van der Waals surface area contributed by atoms with Gasteiger partial charge in [0.1, 0.15) is 6.61 Å². The molecule has 1 heterocycles. The van der Waals surface area contributed by atoms with Crippen LogP contribution in [0.4, 0.5) is 5.69 Å². The lowest BCUT2D eigenvalue weighted by atomic mass is 10.1. The maximum Gasteiger partial charge on any atom is 0.184 e. The third-order valence-electron chi connectivity index (χ3n) is 3.35. The van der Waals surface area contributed by atoms with Crippen LogP contribution in [0.25, 0.3) is 0 Å². The van der Waals surface area contributed by atoms with E-state index in [1.807, 2.05) is 6.20 Å². The van der Waals surface area contributed by atoms with Gasteiger partial charge in [0.05, 0.1) is 12.2 Å². The number of anilines is 1. The Morgan fingerprint density at radius 3 is 3.05 bits per heavy atom. The number of ether oxygens (including phenoxy) is 1. The van der Waals surface area contributed by atoms with Crippen molar-refractivity contribution in [3.63, 3.8) is 0 Å². The van der Waals surface area contributed by atoms with E-state index in [0.29, 0.717) is 12.4 Å². The second kappa shape index (κ2) is 6.37. The smallest absolute Gasteiger partial charge is 0.184 e. The summed E-state index contributed by atoms with van der Waals surface area (Å²) in [6.07, 6.45) is 4.48. The third kappa shape index (κ3) is 3.07. The number of aryl methyl sites for hydroxylation is 1. The average Bonchev–Trinajstić information content (AvgIpc) is 2.45. The topological polar surface area (TPSA) is 44.7 Å². The number of nitrogens with zero attached hydrogens (tertiary/aromatic N) is 1. The van der Waals surface area contributed by atoms with Gasteiger partial charge in [0.2, 0.25) is 0 Å². The first kappa shape index (κ1) is 14.3. The minimum absolute atomic E-state index is 0.231. The monoisotopic (exact) mass is 274 g/mol. The number of nitrogens with one attached hydrogen (secondary N) is 1. The summed E-state index contributed by atoms with van der Waals surface area (Å²) in [5.41, 5.74) is 3.28. The Labute approximate surface area is 120 Å².